The zero-order valence-electron chi connectivity index (χ0n) is 12.9. The zero-order chi connectivity index (χ0) is 15.8. The van der Waals surface area contributed by atoms with Gasteiger partial charge >= 0.3 is 0 Å². The van der Waals surface area contributed by atoms with Crippen LogP contribution in [0.4, 0.5) is 0 Å². The molecule has 0 bridgehead atoms. The molecule has 0 spiro atoms. The molecule has 2 rings (SSSR count). The van der Waals surface area contributed by atoms with E-state index < -0.39 is 0 Å². The summed E-state index contributed by atoms with van der Waals surface area (Å²) in [7, 11) is 0. The first-order valence-corrected chi connectivity index (χ1v) is 8.07. The minimum absolute atomic E-state index is 0.321. The third-order valence-electron chi connectivity index (χ3n) is 3.70. The molecular formula is C18H23ClN2O. The van der Waals surface area contributed by atoms with E-state index in [1.807, 2.05) is 42.5 Å². The van der Waals surface area contributed by atoms with Crippen molar-refractivity contribution in [3.63, 3.8) is 0 Å². The summed E-state index contributed by atoms with van der Waals surface area (Å²) in [6.45, 7) is 2.72. The maximum absolute atomic E-state index is 10.1. The molecule has 1 aromatic heterocycles. The van der Waals surface area contributed by atoms with E-state index in [2.05, 4.69) is 17.2 Å². The van der Waals surface area contributed by atoms with E-state index in [1.54, 1.807) is 6.20 Å². The maximum Gasteiger partial charge on any atom is 0.132 e. The van der Waals surface area contributed by atoms with Crippen LogP contribution in [0.2, 0.25) is 5.15 Å². The summed E-state index contributed by atoms with van der Waals surface area (Å²) >= 11 is 6.05. The molecule has 22 heavy (non-hydrogen) atoms. The fourth-order valence-electron chi connectivity index (χ4n) is 2.38. The van der Waals surface area contributed by atoms with Gasteiger partial charge in [-0.05, 0) is 43.4 Å². The molecular weight excluding hydrogens is 296 g/mol. The van der Waals surface area contributed by atoms with Gasteiger partial charge < -0.3 is 10.4 Å². The largest absolute Gasteiger partial charge is 0.391 e. The highest BCUT2D eigenvalue weighted by Gasteiger charge is 2.09. The Morgan fingerprint density at radius 1 is 1.18 bits per heavy atom. The van der Waals surface area contributed by atoms with Gasteiger partial charge in [0, 0.05) is 18.8 Å². The number of aliphatic hydroxyl groups excluding tert-OH is 1. The van der Waals surface area contributed by atoms with E-state index >= 15 is 0 Å². The van der Waals surface area contributed by atoms with E-state index in [4.69, 9.17) is 11.6 Å². The van der Waals surface area contributed by atoms with Gasteiger partial charge in [-0.25, -0.2) is 4.98 Å². The maximum atomic E-state index is 10.1. The lowest BCUT2D eigenvalue weighted by Crippen LogP contribution is -2.35. The van der Waals surface area contributed by atoms with Crippen LogP contribution >= 0.6 is 11.6 Å². The highest BCUT2D eigenvalue weighted by molar-refractivity contribution is 6.30. The van der Waals surface area contributed by atoms with Gasteiger partial charge in [-0.2, -0.15) is 0 Å². The number of halogens is 1. The number of rotatable bonds is 8. The fourth-order valence-corrected chi connectivity index (χ4v) is 2.59. The Kier molecular flexibility index (Phi) is 6.84. The first kappa shape index (κ1) is 16.9. The van der Waals surface area contributed by atoms with Crippen molar-refractivity contribution in [2.45, 2.75) is 38.3 Å². The van der Waals surface area contributed by atoms with Crippen LogP contribution in [0.25, 0.3) is 0 Å². The van der Waals surface area contributed by atoms with Crippen molar-refractivity contribution in [3.05, 3.63) is 64.9 Å². The Morgan fingerprint density at radius 2 is 1.95 bits per heavy atom. The van der Waals surface area contributed by atoms with Crippen LogP contribution in [-0.4, -0.2) is 28.8 Å². The fraction of sp³-hybridized carbons (Fsp3) is 0.389. The number of nitrogens with one attached hydrogen (secondary N) is 1. The molecule has 0 radical (unpaired) electrons. The number of benzene rings is 1. The molecule has 0 aliphatic heterocycles. The molecule has 1 heterocycles. The molecule has 2 aromatic rings. The summed E-state index contributed by atoms with van der Waals surface area (Å²) in [6.07, 6.45) is 3.86. The minimum atomic E-state index is -0.369. The molecule has 0 saturated carbocycles. The molecule has 118 valence electrons. The Labute approximate surface area is 137 Å². The lowest BCUT2D eigenvalue weighted by molar-refractivity contribution is 0.167. The molecule has 3 nitrogen and oxygen atoms in total. The van der Waals surface area contributed by atoms with Gasteiger partial charge in [-0.15, -0.1) is 0 Å². The highest BCUT2D eigenvalue weighted by atomic mass is 35.5. The smallest absolute Gasteiger partial charge is 0.132 e. The number of pyridine rings is 1. The lowest BCUT2D eigenvalue weighted by atomic mass is 10.1. The van der Waals surface area contributed by atoms with Crippen molar-refractivity contribution < 1.29 is 5.11 Å². The molecule has 0 amide bonds. The highest BCUT2D eigenvalue weighted by Crippen LogP contribution is 2.14. The predicted molar refractivity (Wildman–Crippen MR) is 91.2 cm³/mol. The summed E-state index contributed by atoms with van der Waals surface area (Å²) in [5.41, 5.74) is 2.23. The van der Waals surface area contributed by atoms with Gasteiger partial charge in [0.2, 0.25) is 0 Å². The summed E-state index contributed by atoms with van der Waals surface area (Å²) in [5, 5.41) is 14.0. The van der Waals surface area contributed by atoms with Crippen LogP contribution in [0.15, 0.2) is 48.7 Å². The molecule has 0 fully saturated rings. The topological polar surface area (TPSA) is 45.2 Å². The number of aromatic nitrogens is 1. The van der Waals surface area contributed by atoms with Crippen molar-refractivity contribution >= 4 is 11.6 Å². The Morgan fingerprint density at radius 3 is 2.68 bits per heavy atom. The quantitative estimate of drug-likeness (QED) is 0.734. The van der Waals surface area contributed by atoms with Gasteiger partial charge in [0.25, 0.3) is 0 Å². The number of hydrogen-bond donors (Lipinski definition) is 2. The molecule has 2 unspecified atom stereocenters. The zero-order valence-corrected chi connectivity index (χ0v) is 13.6. The van der Waals surface area contributed by atoms with E-state index in [1.165, 1.54) is 0 Å². The summed E-state index contributed by atoms with van der Waals surface area (Å²) in [5.74, 6) is 0. The molecule has 0 saturated heterocycles. The monoisotopic (exact) mass is 318 g/mol. The molecule has 2 atom stereocenters. The van der Waals surface area contributed by atoms with Crippen LogP contribution in [0.1, 0.15) is 24.5 Å². The summed E-state index contributed by atoms with van der Waals surface area (Å²) < 4.78 is 0. The second-order valence-corrected chi connectivity index (χ2v) is 6.00. The molecule has 2 N–H and O–H groups in total. The van der Waals surface area contributed by atoms with Gasteiger partial charge in [-0.3, -0.25) is 0 Å². The molecule has 0 aliphatic rings. The first-order valence-electron chi connectivity index (χ1n) is 7.70. The van der Waals surface area contributed by atoms with Crippen LogP contribution in [0.5, 0.6) is 0 Å². The minimum Gasteiger partial charge on any atom is -0.391 e. The summed E-state index contributed by atoms with van der Waals surface area (Å²) in [4.78, 5) is 4.08. The van der Waals surface area contributed by atoms with E-state index in [0.29, 0.717) is 24.2 Å². The first-order chi connectivity index (χ1) is 10.6. The Balaban J connectivity index is 1.69. The summed E-state index contributed by atoms with van der Waals surface area (Å²) in [6, 6.07) is 14.3. The Hall–Kier alpha value is -1.42. The van der Waals surface area contributed by atoms with Gasteiger partial charge in [0.05, 0.1) is 6.10 Å². The number of aliphatic hydroxyl groups is 1. The van der Waals surface area contributed by atoms with Crippen LogP contribution in [0, 0.1) is 0 Å². The normalized spacial score (nSPS) is 13.8. The van der Waals surface area contributed by atoms with E-state index in [0.717, 1.165) is 24.0 Å². The Bertz CT molecular complexity index is 562. The third kappa shape index (κ3) is 5.76. The second-order valence-electron chi connectivity index (χ2n) is 5.64. The van der Waals surface area contributed by atoms with Gasteiger partial charge in [0.1, 0.15) is 5.15 Å². The van der Waals surface area contributed by atoms with Crippen LogP contribution in [0.3, 0.4) is 0 Å². The standard InChI is InChI=1S/C18H23ClN2O/c1-14(9-10-16-8-5-11-20-18(16)19)21-13-17(22)12-15-6-3-2-4-7-15/h2-8,11,14,17,21-22H,9-10,12-13H2,1H3. The van der Waals surface area contributed by atoms with Crippen LogP contribution < -0.4 is 5.32 Å². The van der Waals surface area contributed by atoms with Crippen molar-refractivity contribution in [2.24, 2.45) is 0 Å². The second kappa shape index (κ2) is 8.89. The average molecular weight is 319 g/mol. The van der Waals surface area contributed by atoms with Crippen molar-refractivity contribution in [1.29, 1.82) is 0 Å². The average Bonchev–Trinajstić information content (AvgIpc) is 2.53. The SMILES string of the molecule is CC(CCc1cccnc1Cl)NCC(O)Cc1ccccc1. The van der Waals surface area contributed by atoms with Crippen LogP contribution in [-0.2, 0) is 12.8 Å². The van der Waals surface area contributed by atoms with Crippen molar-refractivity contribution in [1.82, 2.24) is 10.3 Å². The number of aryl methyl sites for hydroxylation is 1. The third-order valence-corrected chi connectivity index (χ3v) is 4.04. The predicted octanol–water partition coefficient (Wildman–Crippen LogP) is 3.25. The number of nitrogens with zero attached hydrogens (tertiary/aromatic N) is 1. The van der Waals surface area contributed by atoms with Crippen molar-refractivity contribution in [3.8, 4) is 0 Å². The molecule has 0 aliphatic carbocycles. The van der Waals surface area contributed by atoms with Gasteiger partial charge in [0.15, 0.2) is 0 Å². The van der Waals surface area contributed by atoms with Crippen molar-refractivity contribution in [2.75, 3.05) is 6.54 Å². The van der Waals surface area contributed by atoms with Gasteiger partial charge in [-0.1, -0.05) is 48.0 Å². The number of hydrogen-bond acceptors (Lipinski definition) is 3. The molecule has 1 aromatic carbocycles. The van der Waals surface area contributed by atoms with E-state index in [9.17, 15) is 5.11 Å². The molecule has 4 heteroatoms. The van der Waals surface area contributed by atoms with E-state index in [-0.39, 0.29) is 6.10 Å². The lowest BCUT2D eigenvalue weighted by Gasteiger charge is -2.17.